The van der Waals surface area contributed by atoms with E-state index >= 15 is 0 Å². The first-order valence-corrected chi connectivity index (χ1v) is 11.5. The molecule has 174 valence electrons. The van der Waals surface area contributed by atoms with Gasteiger partial charge in [0.05, 0.1) is 24.1 Å². The van der Waals surface area contributed by atoms with Crippen molar-refractivity contribution in [3.8, 4) is 5.75 Å². The summed E-state index contributed by atoms with van der Waals surface area (Å²) in [4.78, 5) is 41.2. The van der Waals surface area contributed by atoms with E-state index in [1.165, 1.54) is 0 Å². The maximum absolute atomic E-state index is 13.3. The Hall–Kier alpha value is -2.61. The zero-order chi connectivity index (χ0) is 22.8. The van der Waals surface area contributed by atoms with Crippen LogP contribution in [0.25, 0.3) is 0 Å². The lowest BCUT2D eigenvalue weighted by Crippen LogP contribution is -2.53. The molecule has 1 saturated heterocycles. The average Bonchev–Trinajstić information content (AvgIpc) is 3.32. The highest BCUT2D eigenvalue weighted by Gasteiger charge is 2.39. The Kier molecular flexibility index (Phi) is 6.69. The minimum Gasteiger partial charge on any atom is -0.490 e. The summed E-state index contributed by atoms with van der Waals surface area (Å²) in [6.07, 6.45) is 5.34. The first kappa shape index (κ1) is 22.6. The Labute approximate surface area is 189 Å². The number of nitrogens with one attached hydrogen (secondary N) is 1. The number of rotatable bonds is 4. The van der Waals surface area contributed by atoms with Gasteiger partial charge in [-0.25, -0.2) is 0 Å². The van der Waals surface area contributed by atoms with E-state index in [4.69, 9.17) is 9.47 Å². The molecule has 3 amide bonds. The molecule has 2 heterocycles. The molecule has 8 nitrogen and oxygen atoms in total. The molecule has 1 saturated carbocycles. The lowest BCUT2D eigenvalue weighted by molar-refractivity contribution is -0.140. The number of amides is 3. The SMILES string of the molecule is CN(C)C(=O)C[C@H]1CC[C@@H]2[C@@H](COc3ccc(NC(=O)C4CCCC4)cc3C(=O)N2C)O1. The number of benzene rings is 1. The first-order valence-electron chi connectivity index (χ1n) is 11.5. The molecule has 2 fully saturated rings. The third-order valence-electron chi connectivity index (χ3n) is 6.91. The van der Waals surface area contributed by atoms with Crippen molar-refractivity contribution >= 4 is 23.4 Å². The summed E-state index contributed by atoms with van der Waals surface area (Å²) in [6, 6.07) is 5.10. The fourth-order valence-corrected chi connectivity index (χ4v) is 4.91. The Bertz CT molecular complexity index is 880. The van der Waals surface area contributed by atoms with Gasteiger partial charge >= 0.3 is 0 Å². The van der Waals surface area contributed by atoms with Crippen molar-refractivity contribution in [2.75, 3.05) is 33.1 Å². The fourth-order valence-electron chi connectivity index (χ4n) is 4.91. The first-order chi connectivity index (χ1) is 15.3. The summed E-state index contributed by atoms with van der Waals surface area (Å²) in [7, 11) is 5.26. The van der Waals surface area contributed by atoms with E-state index in [2.05, 4.69) is 5.32 Å². The van der Waals surface area contributed by atoms with Crippen molar-refractivity contribution in [1.82, 2.24) is 9.80 Å². The predicted molar refractivity (Wildman–Crippen MR) is 120 cm³/mol. The van der Waals surface area contributed by atoms with Crippen LogP contribution in [0.1, 0.15) is 55.3 Å². The van der Waals surface area contributed by atoms with E-state index in [-0.39, 0.29) is 41.9 Å². The standard InChI is InChI=1S/C24H33N3O5/c1-26(2)22(28)13-17-9-10-19-21(32-17)14-31-20-11-8-16(12-18(20)24(30)27(19)3)25-23(29)15-6-4-5-7-15/h8,11-12,15,17,19,21H,4-7,9-10,13-14H2,1-3H3,(H,25,29)/t17-,19-,21-/m1/s1. The molecule has 0 radical (unpaired) electrons. The van der Waals surface area contributed by atoms with Crippen LogP contribution in [-0.2, 0) is 14.3 Å². The summed E-state index contributed by atoms with van der Waals surface area (Å²) in [5.41, 5.74) is 1.06. The average molecular weight is 444 g/mol. The van der Waals surface area contributed by atoms with Crippen molar-refractivity contribution in [1.29, 1.82) is 0 Å². The predicted octanol–water partition coefficient (Wildman–Crippen LogP) is 2.67. The molecule has 0 aromatic heterocycles. The lowest BCUT2D eigenvalue weighted by atomic mass is 9.94. The highest BCUT2D eigenvalue weighted by Crippen LogP contribution is 2.33. The van der Waals surface area contributed by atoms with Gasteiger partial charge in [-0.15, -0.1) is 0 Å². The minimum absolute atomic E-state index is 0.0223. The van der Waals surface area contributed by atoms with Crippen LogP contribution in [0.5, 0.6) is 5.75 Å². The number of ether oxygens (including phenoxy) is 2. The molecule has 0 unspecified atom stereocenters. The summed E-state index contributed by atoms with van der Waals surface area (Å²) < 4.78 is 12.2. The number of carbonyl (C=O) groups excluding carboxylic acids is 3. The summed E-state index contributed by atoms with van der Waals surface area (Å²) in [6.45, 7) is 0.301. The molecular weight excluding hydrogens is 410 g/mol. The third-order valence-corrected chi connectivity index (χ3v) is 6.91. The monoisotopic (exact) mass is 443 g/mol. The second-order valence-electron chi connectivity index (χ2n) is 9.34. The molecule has 0 spiro atoms. The van der Waals surface area contributed by atoms with E-state index in [0.29, 0.717) is 36.4 Å². The third kappa shape index (κ3) is 4.75. The van der Waals surface area contributed by atoms with Crippen LogP contribution in [0.15, 0.2) is 18.2 Å². The van der Waals surface area contributed by atoms with Gasteiger partial charge in [0, 0.05) is 32.7 Å². The van der Waals surface area contributed by atoms with Gasteiger partial charge in [-0.1, -0.05) is 12.8 Å². The highest BCUT2D eigenvalue weighted by molar-refractivity contribution is 6.00. The van der Waals surface area contributed by atoms with E-state index in [0.717, 1.165) is 32.1 Å². The molecule has 1 aliphatic carbocycles. The van der Waals surface area contributed by atoms with Gasteiger partial charge in [0.25, 0.3) is 5.91 Å². The molecule has 8 heteroatoms. The minimum atomic E-state index is -0.299. The summed E-state index contributed by atoms with van der Waals surface area (Å²) in [5.74, 6) is 0.433. The van der Waals surface area contributed by atoms with Crippen molar-refractivity contribution in [3.05, 3.63) is 23.8 Å². The van der Waals surface area contributed by atoms with Crippen LogP contribution in [0.2, 0.25) is 0 Å². The van der Waals surface area contributed by atoms with E-state index in [1.807, 2.05) is 0 Å². The van der Waals surface area contributed by atoms with Gasteiger partial charge in [-0.05, 0) is 43.9 Å². The molecule has 0 bridgehead atoms. The van der Waals surface area contributed by atoms with Gasteiger partial charge in [0.1, 0.15) is 18.5 Å². The van der Waals surface area contributed by atoms with Crippen LogP contribution >= 0.6 is 0 Å². The van der Waals surface area contributed by atoms with Crippen molar-refractivity contribution in [2.24, 2.45) is 5.92 Å². The number of fused-ring (bicyclic) bond motifs is 2. The molecule has 3 aliphatic rings. The molecule has 2 aliphatic heterocycles. The molecule has 1 N–H and O–H groups in total. The maximum atomic E-state index is 13.3. The summed E-state index contributed by atoms with van der Waals surface area (Å²) in [5, 5.41) is 2.97. The molecular formula is C24H33N3O5. The van der Waals surface area contributed by atoms with Gasteiger partial charge in [-0.3, -0.25) is 14.4 Å². The van der Waals surface area contributed by atoms with Crippen LogP contribution in [-0.4, -0.2) is 73.5 Å². The van der Waals surface area contributed by atoms with Crippen LogP contribution in [0, 0.1) is 5.92 Å². The molecule has 4 rings (SSSR count). The molecule has 32 heavy (non-hydrogen) atoms. The van der Waals surface area contributed by atoms with Gasteiger partial charge in [-0.2, -0.15) is 0 Å². The zero-order valence-corrected chi connectivity index (χ0v) is 19.1. The molecule has 1 aromatic carbocycles. The van der Waals surface area contributed by atoms with Gasteiger partial charge < -0.3 is 24.6 Å². The lowest BCUT2D eigenvalue weighted by Gasteiger charge is -2.42. The topological polar surface area (TPSA) is 88.2 Å². The smallest absolute Gasteiger partial charge is 0.257 e. The van der Waals surface area contributed by atoms with Crippen LogP contribution in [0.4, 0.5) is 5.69 Å². The summed E-state index contributed by atoms with van der Waals surface area (Å²) >= 11 is 0. The number of anilines is 1. The van der Waals surface area contributed by atoms with Gasteiger partial charge in [0.2, 0.25) is 11.8 Å². The largest absolute Gasteiger partial charge is 0.490 e. The quantitative estimate of drug-likeness (QED) is 0.773. The van der Waals surface area contributed by atoms with E-state index in [9.17, 15) is 14.4 Å². The number of carbonyl (C=O) groups is 3. The van der Waals surface area contributed by atoms with Crippen LogP contribution < -0.4 is 10.1 Å². The Morgan fingerprint density at radius 2 is 1.91 bits per heavy atom. The molecule has 1 aromatic rings. The second kappa shape index (κ2) is 9.48. The van der Waals surface area contributed by atoms with Crippen LogP contribution in [0.3, 0.4) is 0 Å². The fraction of sp³-hybridized carbons (Fsp3) is 0.625. The Morgan fingerprint density at radius 3 is 2.62 bits per heavy atom. The maximum Gasteiger partial charge on any atom is 0.257 e. The highest BCUT2D eigenvalue weighted by atomic mass is 16.5. The number of hydrogen-bond acceptors (Lipinski definition) is 5. The second-order valence-corrected chi connectivity index (χ2v) is 9.34. The van der Waals surface area contributed by atoms with Gasteiger partial charge in [0.15, 0.2) is 0 Å². The Morgan fingerprint density at radius 1 is 1.16 bits per heavy atom. The van der Waals surface area contributed by atoms with E-state index in [1.54, 1.807) is 49.1 Å². The van der Waals surface area contributed by atoms with Crippen molar-refractivity contribution in [3.63, 3.8) is 0 Å². The number of nitrogens with zero attached hydrogens (tertiary/aromatic N) is 2. The molecule has 3 atom stereocenters. The zero-order valence-electron chi connectivity index (χ0n) is 19.1. The number of hydrogen-bond donors (Lipinski definition) is 1. The van der Waals surface area contributed by atoms with Crippen molar-refractivity contribution in [2.45, 2.75) is 63.2 Å². The van der Waals surface area contributed by atoms with Crippen molar-refractivity contribution < 1.29 is 23.9 Å². The number of likely N-dealkylation sites (N-methyl/N-ethyl adjacent to an activating group) is 1. The normalized spacial score (nSPS) is 25.8. The van der Waals surface area contributed by atoms with E-state index < -0.39 is 0 Å². The Balaban J connectivity index is 1.48.